The van der Waals surface area contributed by atoms with Gasteiger partial charge < -0.3 is 20.5 Å². The molecule has 3 atom stereocenters. The molecule has 10 nitrogen and oxygen atoms in total. The Morgan fingerprint density at radius 1 is 1.24 bits per heavy atom. The van der Waals surface area contributed by atoms with Crippen LogP contribution in [0.1, 0.15) is 45.6 Å². The topological polar surface area (TPSA) is 137 Å². The Kier molecular flexibility index (Phi) is 9.65. The lowest BCUT2D eigenvalue weighted by Gasteiger charge is -2.35. The van der Waals surface area contributed by atoms with Crippen LogP contribution in [0, 0.1) is 5.92 Å². The number of hydrogen-bond acceptors (Lipinski definition) is 7. The number of phenols is 1. The van der Waals surface area contributed by atoms with Crippen molar-refractivity contribution in [3.63, 3.8) is 0 Å². The van der Waals surface area contributed by atoms with Gasteiger partial charge in [0.2, 0.25) is 11.8 Å². The van der Waals surface area contributed by atoms with Crippen LogP contribution in [0.25, 0.3) is 0 Å². The zero-order valence-corrected chi connectivity index (χ0v) is 19.6. The summed E-state index contributed by atoms with van der Waals surface area (Å²) in [6, 6.07) is 3.98. The van der Waals surface area contributed by atoms with Gasteiger partial charge in [-0.1, -0.05) is 32.9 Å². The number of hydrogen-bond donors (Lipinski definition) is 4. The molecule has 0 aromatic heterocycles. The van der Waals surface area contributed by atoms with Gasteiger partial charge in [-0.2, -0.15) is 0 Å². The summed E-state index contributed by atoms with van der Waals surface area (Å²) in [6.45, 7) is 5.66. The van der Waals surface area contributed by atoms with E-state index >= 15 is 0 Å². The number of amides is 3. The highest BCUT2D eigenvalue weighted by Gasteiger charge is 2.34. The molecule has 0 unspecified atom stereocenters. The first-order chi connectivity index (χ1) is 15.7. The Labute approximate surface area is 194 Å². The molecule has 33 heavy (non-hydrogen) atoms. The van der Waals surface area contributed by atoms with Gasteiger partial charge in [-0.3, -0.25) is 24.2 Å². The molecule has 10 heteroatoms. The summed E-state index contributed by atoms with van der Waals surface area (Å²) in [5, 5.41) is 16.6. The molecule has 0 spiro atoms. The highest BCUT2D eigenvalue weighted by molar-refractivity contribution is 5.92. The first kappa shape index (κ1) is 26.1. The third-order valence-electron chi connectivity index (χ3n) is 5.49. The third kappa shape index (κ3) is 7.45. The second-order valence-corrected chi connectivity index (χ2v) is 8.41. The van der Waals surface area contributed by atoms with E-state index < -0.39 is 35.9 Å². The second kappa shape index (κ2) is 12.2. The van der Waals surface area contributed by atoms with Crippen molar-refractivity contribution in [1.82, 2.24) is 21.1 Å². The van der Waals surface area contributed by atoms with Crippen LogP contribution in [0.2, 0.25) is 0 Å². The van der Waals surface area contributed by atoms with Crippen molar-refractivity contribution in [1.29, 1.82) is 0 Å². The number of nitrogens with zero attached hydrogens (tertiary/aromatic N) is 1. The minimum absolute atomic E-state index is 0.0437. The molecule has 4 N–H and O–H groups in total. The largest absolute Gasteiger partial charge is 0.508 e. The Morgan fingerprint density at radius 3 is 2.58 bits per heavy atom. The number of rotatable bonds is 9. The predicted octanol–water partition coefficient (Wildman–Crippen LogP) is 0.639. The number of benzene rings is 1. The number of ether oxygens (including phenoxy) is 1. The minimum Gasteiger partial charge on any atom is -0.508 e. The van der Waals surface area contributed by atoms with Crippen molar-refractivity contribution in [2.45, 2.75) is 64.6 Å². The first-order valence-electron chi connectivity index (χ1n) is 11.2. The molecular weight excluding hydrogens is 428 g/mol. The van der Waals surface area contributed by atoms with Crippen LogP contribution >= 0.6 is 0 Å². The van der Waals surface area contributed by atoms with E-state index in [1.807, 2.05) is 0 Å². The Bertz CT molecular complexity index is 859. The molecule has 0 bridgehead atoms. The van der Waals surface area contributed by atoms with Crippen LogP contribution in [0.5, 0.6) is 5.75 Å². The zero-order chi connectivity index (χ0) is 24.5. The summed E-state index contributed by atoms with van der Waals surface area (Å²) in [5.41, 5.74) is 3.53. The Balaban J connectivity index is 2.25. The fourth-order valence-corrected chi connectivity index (χ4v) is 3.64. The highest BCUT2D eigenvalue weighted by Crippen LogP contribution is 2.16. The fourth-order valence-electron chi connectivity index (χ4n) is 3.64. The maximum Gasteiger partial charge on any atom is 0.324 e. The molecule has 1 fully saturated rings. The average molecular weight is 463 g/mol. The van der Waals surface area contributed by atoms with Crippen molar-refractivity contribution >= 4 is 23.7 Å². The average Bonchev–Trinajstić information content (AvgIpc) is 2.80. The molecule has 1 aliphatic rings. The van der Waals surface area contributed by atoms with Crippen LogP contribution in [0.4, 0.5) is 0 Å². The van der Waals surface area contributed by atoms with Gasteiger partial charge in [-0.15, -0.1) is 0 Å². The van der Waals surface area contributed by atoms with Gasteiger partial charge in [0.25, 0.3) is 5.91 Å². The first-order valence-corrected chi connectivity index (χ1v) is 11.2. The molecule has 1 saturated heterocycles. The summed E-state index contributed by atoms with van der Waals surface area (Å²) in [5.74, 6) is -1.80. The summed E-state index contributed by atoms with van der Waals surface area (Å²) >= 11 is 0. The summed E-state index contributed by atoms with van der Waals surface area (Å²) in [6.07, 6.45) is 1.46. The lowest BCUT2D eigenvalue weighted by Crippen LogP contribution is -2.62. The molecule has 0 aliphatic carbocycles. The van der Waals surface area contributed by atoms with E-state index in [1.165, 1.54) is 24.3 Å². The molecule has 1 heterocycles. The monoisotopic (exact) mass is 462 g/mol. The quantitative estimate of drug-likeness (QED) is 0.395. The smallest absolute Gasteiger partial charge is 0.324 e. The van der Waals surface area contributed by atoms with E-state index in [4.69, 9.17) is 4.74 Å². The third-order valence-corrected chi connectivity index (χ3v) is 5.49. The minimum atomic E-state index is -0.983. The number of aromatic hydroxyl groups is 1. The molecule has 1 aromatic rings. The van der Waals surface area contributed by atoms with Crippen LogP contribution in [-0.4, -0.2) is 65.6 Å². The van der Waals surface area contributed by atoms with E-state index in [9.17, 15) is 24.3 Å². The van der Waals surface area contributed by atoms with Gasteiger partial charge in [-0.25, -0.2) is 5.43 Å². The van der Waals surface area contributed by atoms with Gasteiger partial charge in [0.1, 0.15) is 23.9 Å². The van der Waals surface area contributed by atoms with E-state index in [-0.39, 0.29) is 30.4 Å². The van der Waals surface area contributed by atoms with Gasteiger partial charge in [0.15, 0.2) is 0 Å². The van der Waals surface area contributed by atoms with Gasteiger partial charge in [-0.05, 0) is 36.5 Å². The molecule has 0 radical (unpaired) electrons. The van der Waals surface area contributed by atoms with Crippen molar-refractivity contribution < 1.29 is 29.0 Å². The number of phenolic OH excluding ortho intramolecular Hbond substituents is 1. The second-order valence-electron chi connectivity index (χ2n) is 8.41. The Hall–Kier alpha value is -3.14. The molecule has 3 amide bonds. The number of nitrogens with one attached hydrogen (secondary N) is 3. The van der Waals surface area contributed by atoms with Crippen molar-refractivity contribution in [3.8, 4) is 5.75 Å². The maximum absolute atomic E-state index is 13.4. The van der Waals surface area contributed by atoms with Crippen molar-refractivity contribution in [3.05, 3.63) is 29.8 Å². The zero-order valence-electron chi connectivity index (χ0n) is 19.6. The molecule has 0 saturated carbocycles. The lowest BCUT2D eigenvalue weighted by atomic mass is 10.00. The van der Waals surface area contributed by atoms with Crippen LogP contribution in [-0.2, 0) is 30.3 Å². The molecule has 1 aliphatic heterocycles. The van der Waals surface area contributed by atoms with Crippen LogP contribution in [0.15, 0.2) is 24.3 Å². The van der Waals surface area contributed by atoms with E-state index in [1.54, 1.807) is 32.9 Å². The van der Waals surface area contributed by atoms with E-state index in [0.29, 0.717) is 24.9 Å². The molecule has 1 aromatic carbocycles. The fraction of sp³-hybridized carbons (Fsp3) is 0.565. The summed E-state index contributed by atoms with van der Waals surface area (Å²) in [7, 11) is 1.28. The Morgan fingerprint density at radius 2 is 1.97 bits per heavy atom. The SMILES string of the molecule is CCC(=O)N[C@H](C(=O)N[C@@H](Cc1cccc(O)c1)C(=O)N1CCC[C@@H](C(=O)OC)N1)C(C)C. The number of esters is 1. The molecule has 182 valence electrons. The molecule has 2 rings (SSSR count). The number of hydrazine groups is 1. The highest BCUT2D eigenvalue weighted by atomic mass is 16.5. The maximum atomic E-state index is 13.4. The van der Waals surface area contributed by atoms with Crippen molar-refractivity contribution in [2.75, 3.05) is 13.7 Å². The number of carbonyl (C=O) groups excluding carboxylic acids is 4. The van der Waals surface area contributed by atoms with Crippen molar-refractivity contribution in [2.24, 2.45) is 5.92 Å². The van der Waals surface area contributed by atoms with E-state index in [0.717, 1.165) is 0 Å². The molecular formula is C23H34N4O6. The van der Waals surface area contributed by atoms with E-state index in [2.05, 4.69) is 16.1 Å². The summed E-state index contributed by atoms with van der Waals surface area (Å²) in [4.78, 5) is 50.3. The predicted molar refractivity (Wildman–Crippen MR) is 121 cm³/mol. The van der Waals surface area contributed by atoms with Crippen LogP contribution < -0.4 is 16.1 Å². The summed E-state index contributed by atoms with van der Waals surface area (Å²) < 4.78 is 4.78. The van der Waals surface area contributed by atoms with Gasteiger partial charge in [0.05, 0.1) is 7.11 Å². The van der Waals surface area contributed by atoms with Crippen LogP contribution in [0.3, 0.4) is 0 Å². The van der Waals surface area contributed by atoms with Gasteiger partial charge in [0, 0.05) is 19.4 Å². The van der Waals surface area contributed by atoms with Gasteiger partial charge >= 0.3 is 5.97 Å². The normalized spacial score (nSPS) is 17.7. The lowest BCUT2D eigenvalue weighted by molar-refractivity contribution is -0.151. The number of methoxy groups -OCH3 is 1. The standard InChI is InChI=1S/C23H34N4O6/c1-5-19(29)25-20(14(2)3)21(30)24-18(13-15-8-6-9-16(28)12-15)22(31)27-11-7-10-17(26-27)23(32)33-4/h6,8-9,12,14,17-18,20,26,28H,5,7,10-11,13H2,1-4H3,(H,24,30)(H,25,29)/t17-,18-,20-/m0/s1. The number of carbonyl (C=O) groups is 4.